The van der Waals surface area contributed by atoms with Crippen LogP contribution in [0.1, 0.15) is 70.1 Å². The lowest BCUT2D eigenvalue weighted by molar-refractivity contribution is 0.0904. The minimum absolute atomic E-state index is 0.165. The maximum atomic E-state index is 13.3. The largest absolute Gasteiger partial charge is 0.496 e. The molecule has 1 fully saturated rings. The molecule has 0 saturated carbocycles. The molecule has 1 aliphatic rings. The maximum absolute atomic E-state index is 13.3. The zero-order valence-electron chi connectivity index (χ0n) is 25.2. The number of aryl methyl sites for hydroxylation is 3. The summed E-state index contributed by atoms with van der Waals surface area (Å²) in [6.45, 7) is 8.76. The van der Waals surface area contributed by atoms with Gasteiger partial charge in [-0.1, -0.05) is 25.1 Å². The van der Waals surface area contributed by atoms with Crippen molar-refractivity contribution in [2.24, 2.45) is 0 Å². The number of anilines is 1. The fraction of sp³-hybridized carbons (Fsp3) is 0.406. The topological polar surface area (TPSA) is 132 Å². The van der Waals surface area contributed by atoms with E-state index in [1.165, 1.54) is 0 Å². The Morgan fingerprint density at radius 3 is 2.40 bits per heavy atom. The van der Waals surface area contributed by atoms with Gasteiger partial charge in [-0.3, -0.25) is 9.59 Å². The number of methoxy groups -OCH3 is 1. The Morgan fingerprint density at radius 1 is 1.02 bits per heavy atom. The first-order valence-electron chi connectivity index (χ1n) is 14.8. The number of amides is 2. The predicted molar refractivity (Wildman–Crippen MR) is 164 cm³/mol. The van der Waals surface area contributed by atoms with Crippen LogP contribution in [-0.2, 0) is 30.8 Å². The molecule has 0 unspecified atom stereocenters. The molecule has 43 heavy (non-hydrogen) atoms. The Labute approximate surface area is 251 Å². The van der Waals surface area contributed by atoms with Gasteiger partial charge in [-0.25, -0.2) is 14.6 Å². The smallest absolute Gasteiger partial charge is 0.270 e. The molecule has 0 radical (unpaired) electrons. The molecule has 1 saturated heterocycles. The number of carbonyl (C=O) groups is 2. The molecule has 0 bridgehead atoms. The van der Waals surface area contributed by atoms with Crippen LogP contribution >= 0.6 is 0 Å². The van der Waals surface area contributed by atoms with Crippen molar-refractivity contribution in [3.05, 3.63) is 76.4 Å². The zero-order chi connectivity index (χ0) is 30.3. The zero-order valence-corrected chi connectivity index (χ0v) is 25.2. The van der Waals surface area contributed by atoms with Crippen molar-refractivity contribution in [3.8, 4) is 5.75 Å². The van der Waals surface area contributed by atoms with Gasteiger partial charge in [0.15, 0.2) is 5.65 Å². The van der Waals surface area contributed by atoms with Crippen LogP contribution in [0.25, 0.3) is 11.0 Å². The molecule has 5 rings (SSSR count). The number of carbonyl (C=O) groups excluding carboxylic acids is 2. The molecule has 3 aromatic heterocycles. The Balaban J connectivity index is 1.32. The predicted octanol–water partition coefficient (Wildman–Crippen LogP) is 4.18. The van der Waals surface area contributed by atoms with Gasteiger partial charge in [-0.2, -0.15) is 5.10 Å². The van der Waals surface area contributed by atoms with Crippen LogP contribution in [0.15, 0.2) is 42.6 Å². The number of hydrogen-bond donors (Lipinski definition) is 3. The number of aromatic nitrogens is 4. The van der Waals surface area contributed by atoms with Crippen molar-refractivity contribution in [2.75, 3.05) is 25.6 Å². The first-order chi connectivity index (χ1) is 20.9. The van der Waals surface area contributed by atoms with Crippen LogP contribution in [0.4, 0.5) is 5.69 Å². The molecule has 0 spiro atoms. The van der Waals surface area contributed by atoms with Crippen molar-refractivity contribution < 1.29 is 19.1 Å². The van der Waals surface area contributed by atoms with Crippen molar-refractivity contribution in [3.63, 3.8) is 0 Å². The van der Waals surface area contributed by atoms with Gasteiger partial charge in [0.2, 0.25) is 0 Å². The number of ether oxygens (including phenoxy) is 2. The number of hydrogen-bond acceptors (Lipinski definition) is 8. The van der Waals surface area contributed by atoms with E-state index in [9.17, 15) is 9.59 Å². The SMILES string of the molecule is CCc1nc2c(cnn2CC)c(NC2CCOCC2)c1CNC(=O)c1cccc(C(=O)NCc2ccc(OC)c(C)c2)n1. The molecular weight excluding hydrogens is 546 g/mol. The summed E-state index contributed by atoms with van der Waals surface area (Å²) in [6.07, 6.45) is 4.33. The van der Waals surface area contributed by atoms with E-state index in [0.717, 1.165) is 57.7 Å². The molecule has 4 aromatic rings. The average molecular weight is 586 g/mol. The quantitative estimate of drug-likeness (QED) is 0.239. The van der Waals surface area contributed by atoms with E-state index in [1.807, 2.05) is 42.9 Å². The lowest BCUT2D eigenvalue weighted by Gasteiger charge is -2.26. The van der Waals surface area contributed by atoms with E-state index in [4.69, 9.17) is 14.5 Å². The standard InChI is InChI=1S/C32H39N7O4/c1-5-25-23(29(36-22-12-14-43-15-13-22)24-19-35-39(6-2)30(24)38-25)18-34-32(41)27-9-7-8-26(37-27)31(40)33-17-21-10-11-28(42-4)20(3)16-21/h7-11,16,19,22H,5-6,12-15,17-18H2,1-4H3,(H,33,40)(H,34,41)(H,36,38). The number of nitrogens with zero attached hydrogens (tertiary/aromatic N) is 4. The molecular formula is C32H39N7O4. The lowest BCUT2D eigenvalue weighted by atomic mass is 10.0. The molecule has 226 valence electrons. The van der Waals surface area contributed by atoms with Gasteiger partial charge >= 0.3 is 0 Å². The summed E-state index contributed by atoms with van der Waals surface area (Å²) in [5.74, 6) is 0.0607. The number of rotatable bonds is 11. The van der Waals surface area contributed by atoms with Crippen LogP contribution in [0.2, 0.25) is 0 Å². The second-order valence-corrected chi connectivity index (χ2v) is 10.6. The minimum atomic E-state index is -0.371. The van der Waals surface area contributed by atoms with Gasteiger partial charge in [0.05, 0.1) is 24.4 Å². The van der Waals surface area contributed by atoms with Gasteiger partial charge in [0, 0.05) is 50.1 Å². The molecule has 3 N–H and O–H groups in total. The van der Waals surface area contributed by atoms with E-state index < -0.39 is 0 Å². The Morgan fingerprint density at radius 2 is 1.74 bits per heavy atom. The normalized spacial score (nSPS) is 13.6. The summed E-state index contributed by atoms with van der Waals surface area (Å²) >= 11 is 0. The molecule has 11 nitrogen and oxygen atoms in total. The van der Waals surface area contributed by atoms with Gasteiger partial charge < -0.3 is 25.4 Å². The molecule has 0 atom stereocenters. The third-order valence-corrected chi connectivity index (χ3v) is 7.73. The van der Waals surface area contributed by atoms with Crippen molar-refractivity contribution in [2.45, 2.75) is 65.7 Å². The number of pyridine rings is 2. The van der Waals surface area contributed by atoms with Crippen LogP contribution in [0.5, 0.6) is 5.75 Å². The highest BCUT2D eigenvalue weighted by atomic mass is 16.5. The van der Waals surface area contributed by atoms with Gasteiger partial charge in [-0.15, -0.1) is 0 Å². The first-order valence-corrected chi connectivity index (χ1v) is 14.8. The van der Waals surface area contributed by atoms with E-state index in [0.29, 0.717) is 32.7 Å². The van der Waals surface area contributed by atoms with E-state index in [1.54, 1.807) is 25.3 Å². The first kappa shape index (κ1) is 30.0. The van der Waals surface area contributed by atoms with Crippen LogP contribution in [0.3, 0.4) is 0 Å². The van der Waals surface area contributed by atoms with Gasteiger partial charge in [0.1, 0.15) is 17.1 Å². The summed E-state index contributed by atoms with van der Waals surface area (Å²) in [4.78, 5) is 35.5. The average Bonchev–Trinajstić information content (AvgIpc) is 3.46. The second kappa shape index (κ2) is 13.6. The lowest BCUT2D eigenvalue weighted by Crippen LogP contribution is -2.30. The molecule has 0 aliphatic carbocycles. The van der Waals surface area contributed by atoms with E-state index >= 15 is 0 Å². The molecule has 4 heterocycles. The number of benzene rings is 1. The van der Waals surface area contributed by atoms with Crippen molar-refractivity contribution in [1.29, 1.82) is 0 Å². The Bertz CT molecular complexity index is 1610. The summed E-state index contributed by atoms with van der Waals surface area (Å²) in [5, 5.41) is 15.1. The molecule has 11 heteroatoms. The van der Waals surface area contributed by atoms with Crippen LogP contribution in [-0.4, -0.2) is 57.9 Å². The maximum Gasteiger partial charge on any atom is 0.270 e. The fourth-order valence-corrected chi connectivity index (χ4v) is 5.37. The van der Waals surface area contributed by atoms with Crippen molar-refractivity contribution in [1.82, 2.24) is 30.4 Å². The molecule has 2 amide bonds. The van der Waals surface area contributed by atoms with E-state index in [-0.39, 0.29) is 35.8 Å². The van der Waals surface area contributed by atoms with Crippen LogP contribution in [0, 0.1) is 6.92 Å². The highest BCUT2D eigenvalue weighted by Crippen LogP contribution is 2.31. The summed E-state index contributed by atoms with van der Waals surface area (Å²) in [6, 6.07) is 10.9. The number of fused-ring (bicyclic) bond motifs is 1. The Kier molecular flexibility index (Phi) is 9.51. The highest BCUT2D eigenvalue weighted by molar-refractivity contribution is 5.97. The van der Waals surface area contributed by atoms with E-state index in [2.05, 4.69) is 33.0 Å². The summed E-state index contributed by atoms with van der Waals surface area (Å²) in [7, 11) is 1.63. The molecule has 1 aromatic carbocycles. The molecule has 1 aliphatic heterocycles. The Hall–Kier alpha value is -4.51. The summed E-state index contributed by atoms with van der Waals surface area (Å²) < 4.78 is 12.8. The number of nitrogens with one attached hydrogen (secondary N) is 3. The van der Waals surface area contributed by atoms with Gasteiger partial charge in [0.25, 0.3) is 11.8 Å². The van der Waals surface area contributed by atoms with Crippen molar-refractivity contribution >= 4 is 28.5 Å². The monoisotopic (exact) mass is 585 g/mol. The van der Waals surface area contributed by atoms with Crippen LogP contribution < -0.4 is 20.7 Å². The van der Waals surface area contributed by atoms with Gasteiger partial charge in [-0.05, 0) is 62.4 Å². The highest BCUT2D eigenvalue weighted by Gasteiger charge is 2.22. The minimum Gasteiger partial charge on any atom is -0.496 e. The third kappa shape index (κ3) is 6.77. The fourth-order valence-electron chi connectivity index (χ4n) is 5.37. The third-order valence-electron chi connectivity index (χ3n) is 7.73. The summed E-state index contributed by atoms with van der Waals surface area (Å²) in [5.41, 5.74) is 5.85. The second-order valence-electron chi connectivity index (χ2n) is 10.6.